The van der Waals surface area contributed by atoms with Gasteiger partial charge >= 0.3 is 0 Å². The van der Waals surface area contributed by atoms with Gasteiger partial charge in [-0.2, -0.15) is 0 Å². The van der Waals surface area contributed by atoms with Crippen LogP contribution in [0.4, 0.5) is 4.39 Å². The lowest BCUT2D eigenvalue weighted by Crippen LogP contribution is -2.40. The van der Waals surface area contributed by atoms with Crippen molar-refractivity contribution in [2.75, 3.05) is 19.6 Å². The van der Waals surface area contributed by atoms with Gasteiger partial charge in [0, 0.05) is 30.5 Å². The zero-order valence-corrected chi connectivity index (χ0v) is 14.2. The average molecular weight is 371 g/mol. The van der Waals surface area contributed by atoms with Gasteiger partial charge in [0.2, 0.25) is 5.91 Å². The molecule has 0 saturated carbocycles. The predicted molar refractivity (Wildman–Crippen MR) is 86.0 cm³/mol. The molecule has 1 aromatic rings. The lowest BCUT2D eigenvalue weighted by molar-refractivity contribution is -0.132. The summed E-state index contributed by atoms with van der Waals surface area (Å²) in [5.41, 5.74) is 0.235. The smallest absolute Gasteiger partial charge is 0.252 e. The molecule has 1 fully saturated rings. The summed E-state index contributed by atoms with van der Waals surface area (Å²) >= 11 is 3.22. The van der Waals surface area contributed by atoms with E-state index in [0.29, 0.717) is 10.4 Å². The molecule has 22 heavy (non-hydrogen) atoms. The van der Waals surface area contributed by atoms with Gasteiger partial charge in [0.05, 0.1) is 5.56 Å². The van der Waals surface area contributed by atoms with E-state index in [4.69, 9.17) is 0 Å². The van der Waals surface area contributed by atoms with Gasteiger partial charge in [0.25, 0.3) is 5.91 Å². The van der Waals surface area contributed by atoms with Crippen LogP contribution in [-0.4, -0.2) is 36.3 Å². The van der Waals surface area contributed by atoms with Gasteiger partial charge in [-0.3, -0.25) is 9.59 Å². The van der Waals surface area contributed by atoms with Gasteiger partial charge in [-0.25, -0.2) is 4.39 Å². The molecule has 1 aromatic carbocycles. The van der Waals surface area contributed by atoms with E-state index in [1.165, 1.54) is 18.2 Å². The molecule has 4 nitrogen and oxygen atoms in total. The third kappa shape index (κ3) is 4.53. The van der Waals surface area contributed by atoms with Gasteiger partial charge in [-0.05, 0) is 52.9 Å². The van der Waals surface area contributed by atoms with Gasteiger partial charge in [0.1, 0.15) is 5.82 Å². The number of benzene rings is 1. The Balaban J connectivity index is 1.81. The maximum atomic E-state index is 13.2. The van der Waals surface area contributed by atoms with Crippen molar-refractivity contribution >= 4 is 27.7 Å². The molecular formula is C16H20BrFN2O2. The van der Waals surface area contributed by atoms with E-state index in [9.17, 15) is 14.0 Å². The van der Waals surface area contributed by atoms with Crippen LogP contribution >= 0.6 is 15.9 Å². The molecule has 1 heterocycles. The molecule has 1 N–H and O–H groups in total. The number of nitrogens with zero attached hydrogens (tertiary/aromatic N) is 1. The molecule has 1 atom stereocenters. The minimum absolute atomic E-state index is 0.0603. The third-order valence-electron chi connectivity index (χ3n) is 3.81. The van der Waals surface area contributed by atoms with Crippen molar-refractivity contribution in [3.05, 3.63) is 34.1 Å². The van der Waals surface area contributed by atoms with Crippen molar-refractivity contribution in [2.24, 2.45) is 5.92 Å². The second-order valence-electron chi connectivity index (χ2n) is 5.72. The Hall–Kier alpha value is -1.43. The largest absolute Gasteiger partial charge is 0.351 e. The average Bonchev–Trinajstić information content (AvgIpc) is 2.49. The molecule has 0 aromatic heterocycles. The first-order chi connectivity index (χ1) is 10.5. The van der Waals surface area contributed by atoms with Crippen LogP contribution in [0.5, 0.6) is 0 Å². The van der Waals surface area contributed by atoms with Gasteiger partial charge in [-0.15, -0.1) is 0 Å². The van der Waals surface area contributed by atoms with Crippen molar-refractivity contribution in [3.8, 4) is 0 Å². The summed E-state index contributed by atoms with van der Waals surface area (Å²) in [7, 11) is 0. The summed E-state index contributed by atoms with van der Waals surface area (Å²) in [5.74, 6) is -0.251. The Labute approximate surface area is 138 Å². The zero-order chi connectivity index (χ0) is 16.1. The quantitative estimate of drug-likeness (QED) is 0.885. The number of rotatable bonds is 4. The predicted octanol–water partition coefficient (Wildman–Crippen LogP) is 2.97. The lowest BCUT2D eigenvalue weighted by atomic mass is 10.00. The standard InChI is InChI=1S/C16H20BrFN2O2/c1-11-3-2-8-20(10-11)15(21)6-7-19-16(22)13-9-12(18)4-5-14(13)17/h4-5,9,11H,2-3,6-8,10H2,1H3,(H,19,22). The maximum absolute atomic E-state index is 13.2. The van der Waals surface area contributed by atoms with E-state index in [-0.39, 0.29) is 30.3 Å². The van der Waals surface area contributed by atoms with Gasteiger partial charge in [0.15, 0.2) is 0 Å². The van der Waals surface area contributed by atoms with Crippen LogP contribution in [0.2, 0.25) is 0 Å². The van der Waals surface area contributed by atoms with Crippen molar-refractivity contribution < 1.29 is 14.0 Å². The highest BCUT2D eigenvalue weighted by Gasteiger charge is 2.20. The van der Waals surface area contributed by atoms with E-state index in [0.717, 1.165) is 25.9 Å². The normalized spacial score (nSPS) is 18.1. The number of amides is 2. The molecule has 1 aliphatic heterocycles. The molecule has 120 valence electrons. The van der Waals surface area contributed by atoms with Crippen molar-refractivity contribution in [1.29, 1.82) is 0 Å². The number of nitrogens with one attached hydrogen (secondary N) is 1. The van der Waals surface area contributed by atoms with E-state index in [2.05, 4.69) is 28.2 Å². The fraction of sp³-hybridized carbons (Fsp3) is 0.500. The minimum atomic E-state index is -0.466. The lowest BCUT2D eigenvalue weighted by Gasteiger charge is -2.31. The number of carbonyl (C=O) groups excluding carboxylic acids is 2. The van der Waals surface area contributed by atoms with Gasteiger partial charge < -0.3 is 10.2 Å². The molecule has 6 heteroatoms. The Morgan fingerprint density at radius 3 is 2.95 bits per heavy atom. The Morgan fingerprint density at radius 2 is 2.23 bits per heavy atom. The number of likely N-dealkylation sites (tertiary alicyclic amines) is 1. The topological polar surface area (TPSA) is 49.4 Å². The fourth-order valence-electron chi connectivity index (χ4n) is 2.62. The molecule has 0 spiro atoms. The van der Waals surface area contributed by atoms with Crippen molar-refractivity contribution in [2.45, 2.75) is 26.2 Å². The summed E-state index contributed by atoms with van der Waals surface area (Å²) in [6.07, 6.45) is 2.47. The maximum Gasteiger partial charge on any atom is 0.252 e. The zero-order valence-electron chi connectivity index (χ0n) is 12.6. The van der Waals surface area contributed by atoms with Crippen LogP contribution in [0.25, 0.3) is 0 Å². The van der Waals surface area contributed by atoms with Crippen LogP contribution < -0.4 is 5.32 Å². The molecule has 0 aliphatic carbocycles. The summed E-state index contributed by atoms with van der Waals surface area (Å²) in [6.45, 7) is 3.99. The molecule has 2 rings (SSSR count). The van der Waals surface area contributed by atoms with Crippen LogP contribution in [-0.2, 0) is 4.79 Å². The van der Waals surface area contributed by atoms with Crippen LogP contribution in [0.3, 0.4) is 0 Å². The molecule has 1 unspecified atom stereocenters. The number of hydrogen-bond acceptors (Lipinski definition) is 2. The Morgan fingerprint density at radius 1 is 1.45 bits per heavy atom. The second kappa shape index (κ2) is 7.72. The summed E-state index contributed by atoms with van der Waals surface area (Å²) in [4.78, 5) is 25.9. The van der Waals surface area contributed by atoms with Crippen LogP contribution in [0.1, 0.15) is 36.5 Å². The number of carbonyl (C=O) groups is 2. The van der Waals surface area contributed by atoms with E-state index >= 15 is 0 Å². The highest BCUT2D eigenvalue weighted by Crippen LogP contribution is 2.18. The fourth-order valence-corrected chi connectivity index (χ4v) is 3.05. The number of piperidine rings is 1. The minimum Gasteiger partial charge on any atom is -0.351 e. The van der Waals surface area contributed by atoms with Crippen molar-refractivity contribution in [3.63, 3.8) is 0 Å². The molecule has 1 aliphatic rings. The first-order valence-corrected chi connectivity index (χ1v) is 8.27. The number of halogens is 2. The van der Waals surface area contributed by atoms with E-state index in [1.807, 2.05) is 4.90 Å². The second-order valence-corrected chi connectivity index (χ2v) is 6.57. The first-order valence-electron chi connectivity index (χ1n) is 7.48. The molecular weight excluding hydrogens is 351 g/mol. The monoisotopic (exact) mass is 370 g/mol. The van der Waals surface area contributed by atoms with Crippen LogP contribution in [0.15, 0.2) is 22.7 Å². The summed E-state index contributed by atoms with van der Waals surface area (Å²) < 4.78 is 13.7. The highest BCUT2D eigenvalue weighted by molar-refractivity contribution is 9.10. The molecule has 0 radical (unpaired) electrons. The van der Waals surface area contributed by atoms with Crippen LogP contribution in [0, 0.1) is 11.7 Å². The Kier molecular flexibility index (Phi) is 5.94. The van der Waals surface area contributed by atoms with E-state index < -0.39 is 5.82 Å². The van der Waals surface area contributed by atoms with E-state index in [1.54, 1.807) is 0 Å². The summed E-state index contributed by atoms with van der Waals surface area (Å²) in [5, 5.41) is 2.67. The third-order valence-corrected chi connectivity index (χ3v) is 4.50. The molecule has 1 saturated heterocycles. The Bertz CT molecular complexity index is 565. The number of hydrogen-bond donors (Lipinski definition) is 1. The van der Waals surface area contributed by atoms with Gasteiger partial charge in [-0.1, -0.05) is 6.92 Å². The van der Waals surface area contributed by atoms with Crippen molar-refractivity contribution in [1.82, 2.24) is 10.2 Å². The molecule has 2 amide bonds. The first kappa shape index (κ1) is 16.9. The highest BCUT2D eigenvalue weighted by atomic mass is 79.9. The summed E-state index contributed by atoms with van der Waals surface area (Å²) in [6, 6.07) is 3.94. The SMILES string of the molecule is CC1CCCN(C(=O)CCNC(=O)c2cc(F)ccc2Br)C1. The molecule has 0 bridgehead atoms.